The minimum atomic E-state index is 0.332. The van der Waals surface area contributed by atoms with Gasteiger partial charge in [-0.25, -0.2) is 0 Å². The fourth-order valence-electron chi connectivity index (χ4n) is 3.32. The molecule has 26 heavy (non-hydrogen) atoms. The Kier molecular flexibility index (Phi) is 4.57. The van der Waals surface area contributed by atoms with Crippen molar-refractivity contribution in [2.45, 2.75) is 12.8 Å². The van der Waals surface area contributed by atoms with Crippen molar-refractivity contribution >= 4 is 43.9 Å². The van der Waals surface area contributed by atoms with Crippen molar-refractivity contribution in [2.75, 3.05) is 13.7 Å². The highest BCUT2D eigenvalue weighted by Crippen LogP contribution is 2.44. The number of aromatic nitrogens is 1. The summed E-state index contributed by atoms with van der Waals surface area (Å²) in [5.74, 6) is 1.08. The molecule has 0 aliphatic carbocycles. The molecule has 1 atom stereocenters. The van der Waals surface area contributed by atoms with Gasteiger partial charge in [-0.1, -0.05) is 42.8 Å². The molecule has 0 unspecified atom stereocenters. The predicted molar refractivity (Wildman–Crippen MR) is 112 cm³/mol. The highest BCUT2D eigenvalue weighted by atomic mass is 35.5. The van der Waals surface area contributed by atoms with Crippen molar-refractivity contribution in [3.8, 4) is 16.9 Å². The van der Waals surface area contributed by atoms with Gasteiger partial charge in [-0.3, -0.25) is 4.98 Å². The number of benzene rings is 2. The Labute approximate surface area is 161 Å². The molecule has 0 aliphatic heterocycles. The van der Waals surface area contributed by atoms with Gasteiger partial charge in [0.25, 0.3) is 0 Å². The number of hydrogen-bond acceptors (Lipinski definition) is 4. The minimum Gasteiger partial charge on any atom is -0.496 e. The van der Waals surface area contributed by atoms with E-state index in [-0.39, 0.29) is 0 Å². The number of pyridine rings is 1. The molecule has 0 spiro atoms. The van der Waals surface area contributed by atoms with Gasteiger partial charge in [-0.05, 0) is 35.0 Å². The van der Waals surface area contributed by atoms with Crippen LogP contribution in [0, 0.1) is 0 Å². The summed E-state index contributed by atoms with van der Waals surface area (Å²) >= 11 is 8.17. The maximum absolute atomic E-state index is 6.50. The second kappa shape index (κ2) is 6.88. The van der Waals surface area contributed by atoms with Gasteiger partial charge in [0.15, 0.2) is 0 Å². The van der Waals surface area contributed by atoms with E-state index in [1.807, 2.05) is 12.3 Å². The standard InChI is InChI=1S/C21H19ClN2OS/c1-12(10-23)13-3-5-14(6-4-13)19-17(25-2)9-16(22)21-20(19)15-7-8-26-18(15)11-24-21/h3-9,11-12H,10,23H2,1-2H3/t12-/m0/s1. The number of ether oxygens (including phenoxy) is 1. The second-order valence-corrected chi connectivity index (χ2v) is 7.73. The number of methoxy groups -OCH3 is 1. The maximum Gasteiger partial charge on any atom is 0.128 e. The quantitative estimate of drug-likeness (QED) is 0.482. The third-order valence-corrected chi connectivity index (χ3v) is 5.97. The van der Waals surface area contributed by atoms with Crippen LogP contribution in [0.4, 0.5) is 0 Å². The van der Waals surface area contributed by atoms with E-state index in [1.54, 1.807) is 18.4 Å². The van der Waals surface area contributed by atoms with Crippen LogP contribution in [-0.4, -0.2) is 18.6 Å². The summed E-state index contributed by atoms with van der Waals surface area (Å²) < 4.78 is 6.82. The van der Waals surface area contributed by atoms with Crippen molar-refractivity contribution in [1.82, 2.24) is 4.98 Å². The second-order valence-electron chi connectivity index (χ2n) is 6.37. The zero-order valence-corrected chi connectivity index (χ0v) is 16.2. The van der Waals surface area contributed by atoms with E-state index in [0.29, 0.717) is 17.5 Å². The van der Waals surface area contributed by atoms with Gasteiger partial charge in [0, 0.05) is 28.6 Å². The molecule has 2 aromatic carbocycles. The van der Waals surface area contributed by atoms with Gasteiger partial charge >= 0.3 is 0 Å². The first-order valence-corrected chi connectivity index (χ1v) is 9.72. The molecule has 0 bridgehead atoms. The van der Waals surface area contributed by atoms with Crippen LogP contribution < -0.4 is 10.5 Å². The van der Waals surface area contributed by atoms with Crippen LogP contribution in [0.3, 0.4) is 0 Å². The number of thiophene rings is 1. The Morgan fingerprint density at radius 2 is 2.00 bits per heavy atom. The largest absolute Gasteiger partial charge is 0.496 e. The Morgan fingerprint density at radius 1 is 1.23 bits per heavy atom. The van der Waals surface area contributed by atoms with Crippen LogP contribution in [0.1, 0.15) is 18.4 Å². The van der Waals surface area contributed by atoms with Crippen molar-refractivity contribution in [3.05, 3.63) is 58.6 Å². The summed E-state index contributed by atoms with van der Waals surface area (Å²) in [5, 5.41) is 4.86. The Balaban J connectivity index is 2.04. The molecule has 0 saturated carbocycles. The lowest BCUT2D eigenvalue weighted by Gasteiger charge is -2.15. The predicted octanol–water partition coefficient (Wildman–Crippen LogP) is 5.84. The normalized spacial score (nSPS) is 12.6. The molecule has 4 aromatic rings. The number of halogens is 1. The van der Waals surface area contributed by atoms with E-state index >= 15 is 0 Å². The summed E-state index contributed by atoms with van der Waals surface area (Å²) in [6.07, 6.45) is 1.89. The van der Waals surface area contributed by atoms with E-state index in [4.69, 9.17) is 22.1 Å². The van der Waals surface area contributed by atoms with E-state index in [1.165, 1.54) is 5.56 Å². The molecule has 0 fully saturated rings. The topological polar surface area (TPSA) is 48.1 Å². The van der Waals surface area contributed by atoms with Crippen molar-refractivity contribution < 1.29 is 4.74 Å². The molecular weight excluding hydrogens is 364 g/mol. The average Bonchev–Trinajstić information content (AvgIpc) is 3.16. The molecule has 0 radical (unpaired) electrons. The average molecular weight is 383 g/mol. The molecule has 0 amide bonds. The van der Waals surface area contributed by atoms with Crippen LogP contribution in [-0.2, 0) is 0 Å². The molecule has 3 nitrogen and oxygen atoms in total. The van der Waals surface area contributed by atoms with Crippen molar-refractivity contribution in [2.24, 2.45) is 5.73 Å². The van der Waals surface area contributed by atoms with Gasteiger partial charge < -0.3 is 10.5 Å². The molecule has 5 heteroatoms. The van der Waals surface area contributed by atoms with Crippen LogP contribution in [0.15, 0.2) is 48.0 Å². The summed E-state index contributed by atoms with van der Waals surface area (Å²) in [7, 11) is 1.67. The summed E-state index contributed by atoms with van der Waals surface area (Å²) in [6.45, 7) is 2.76. The molecule has 2 heterocycles. The van der Waals surface area contributed by atoms with Crippen LogP contribution >= 0.6 is 22.9 Å². The minimum absolute atomic E-state index is 0.332. The Hall–Kier alpha value is -2.14. The van der Waals surface area contributed by atoms with Gasteiger partial charge in [-0.2, -0.15) is 0 Å². The molecule has 0 saturated heterocycles. The molecule has 2 aromatic heterocycles. The third kappa shape index (κ3) is 2.75. The van der Waals surface area contributed by atoms with Crippen molar-refractivity contribution in [1.29, 1.82) is 0 Å². The van der Waals surface area contributed by atoms with E-state index in [2.05, 4.69) is 47.6 Å². The van der Waals surface area contributed by atoms with Crippen molar-refractivity contribution in [3.63, 3.8) is 0 Å². The molecular formula is C21H19ClN2OS. The van der Waals surface area contributed by atoms with Crippen LogP contribution in [0.2, 0.25) is 5.02 Å². The first-order valence-electron chi connectivity index (χ1n) is 8.46. The monoisotopic (exact) mass is 382 g/mol. The number of fused-ring (bicyclic) bond motifs is 3. The number of nitrogens with two attached hydrogens (primary N) is 1. The smallest absolute Gasteiger partial charge is 0.128 e. The SMILES string of the molecule is COc1cc(Cl)c2ncc3sccc3c2c1-c1ccc([C@@H](C)CN)cc1. The molecule has 2 N–H and O–H groups in total. The Morgan fingerprint density at radius 3 is 2.69 bits per heavy atom. The Bertz CT molecular complexity index is 1090. The third-order valence-electron chi connectivity index (χ3n) is 4.83. The highest BCUT2D eigenvalue weighted by Gasteiger charge is 2.18. The lowest BCUT2D eigenvalue weighted by atomic mass is 9.94. The summed E-state index contributed by atoms with van der Waals surface area (Å²) in [4.78, 5) is 4.61. The fraction of sp³-hybridized carbons (Fsp3) is 0.190. The first kappa shape index (κ1) is 17.3. The van der Waals surface area contributed by atoms with E-state index in [0.717, 1.165) is 37.9 Å². The van der Waals surface area contributed by atoms with Gasteiger partial charge in [0.1, 0.15) is 5.75 Å². The summed E-state index contributed by atoms with van der Waals surface area (Å²) in [6, 6.07) is 12.5. The molecule has 4 rings (SSSR count). The molecule has 0 aliphatic rings. The first-order chi connectivity index (χ1) is 12.6. The zero-order chi connectivity index (χ0) is 18.3. The van der Waals surface area contributed by atoms with Gasteiger partial charge in [0.2, 0.25) is 0 Å². The maximum atomic E-state index is 6.50. The number of nitrogens with zero attached hydrogens (tertiary/aromatic N) is 1. The van der Waals surface area contributed by atoms with Crippen LogP contribution in [0.25, 0.3) is 32.1 Å². The van der Waals surface area contributed by atoms with Gasteiger partial charge in [0.05, 0.1) is 22.3 Å². The number of hydrogen-bond donors (Lipinski definition) is 1. The lowest BCUT2D eigenvalue weighted by molar-refractivity contribution is 0.417. The summed E-state index contributed by atoms with van der Waals surface area (Å²) in [5.41, 5.74) is 9.93. The molecule has 132 valence electrons. The fourth-order valence-corrected chi connectivity index (χ4v) is 4.32. The zero-order valence-electron chi connectivity index (χ0n) is 14.6. The van der Waals surface area contributed by atoms with Gasteiger partial charge in [-0.15, -0.1) is 11.3 Å². The highest BCUT2D eigenvalue weighted by molar-refractivity contribution is 7.17. The lowest BCUT2D eigenvalue weighted by Crippen LogP contribution is -2.08. The van der Waals surface area contributed by atoms with E-state index < -0.39 is 0 Å². The van der Waals surface area contributed by atoms with E-state index in [9.17, 15) is 0 Å². The van der Waals surface area contributed by atoms with Crippen LogP contribution in [0.5, 0.6) is 5.75 Å². The number of rotatable bonds is 4.